The molecule has 0 spiro atoms. The van der Waals surface area contributed by atoms with Gasteiger partial charge in [-0.3, -0.25) is 9.59 Å². The molecule has 5 heteroatoms. The van der Waals surface area contributed by atoms with E-state index >= 15 is 0 Å². The number of aromatic nitrogens is 2. The topological polar surface area (TPSA) is 55.2 Å². The van der Waals surface area contributed by atoms with Crippen LogP contribution in [0.2, 0.25) is 0 Å². The average molecular weight is 474 g/mol. The second-order valence-corrected chi connectivity index (χ2v) is 9.54. The maximum absolute atomic E-state index is 13.2. The Hall–Kier alpha value is -4.25. The first-order chi connectivity index (χ1) is 17.6. The Morgan fingerprint density at radius 1 is 0.806 bits per heavy atom. The van der Waals surface area contributed by atoms with E-state index < -0.39 is 0 Å². The van der Waals surface area contributed by atoms with Crippen molar-refractivity contribution in [3.8, 4) is 22.4 Å². The zero-order chi connectivity index (χ0) is 24.6. The van der Waals surface area contributed by atoms with Crippen LogP contribution in [0.15, 0.2) is 89.9 Å². The Morgan fingerprint density at radius 3 is 2.39 bits per heavy atom. The van der Waals surface area contributed by atoms with E-state index in [2.05, 4.69) is 18.2 Å². The quantitative estimate of drug-likeness (QED) is 0.321. The van der Waals surface area contributed by atoms with Crippen molar-refractivity contribution in [2.24, 2.45) is 7.05 Å². The number of carbonyl (C=O) groups is 1. The van der Waals surface area contributed by atoms with Crippen LogP contribution in [0, 0.1) is 0 Å². The maximum atomic E-state index is 13.2. The van der Waals surface area contributed by atoms with Crippen LogP contribution >= 0.6 is 0 Å². The predicted molar refractivity (Wildman–Crippen MR) is 145 cm³/mol. The summed E-state index contributed by atoms with van der Waals surface area (Å²) in [5, 5.41) is 2.57. The van der Waals surface area contributed by atoms with E-state index in [1.807, 2.05) is 65.6 Å². The summed E-state index contributed by atoms with van der Waals surface area (Å²) in [6, 6.07) is 26.0. The zero-order valence-corrected chi connectivity index (χ0v) is 20.3. The van der Waals surface area contributed by atoms with Crippen LogP contribution in [0.25, 0.3) is 44.1 Å². The van der Waals surface area contributed by atoms with Gasteiger partial charge in [-0.1, -0.05) is 42.5 Å². The lowest BCUT2D eigenvalue weighted by Gasteiger charge is -2.26. The molecule has 1 saturated heterocycles. The summed E-state index contributed by atoms with van der Waals surface area (Å²) in [6.07, 6.45) is 5.09. The first-order valence-corrected chi connectivity index (χ1v) is 12.5. The fourth-order valence-electron chi connectivity index (χ4n) is 5.15. The van der Waals surface area contributed by atoms with Crippen LogP contribution in [-0.2, 0) is 7.05 Å². The summed E-state index contributed by atoms with van der Waals surface area (Å²) in [5.41, 5.74) is 5.35. The Morgan fingerprint density at radius 2 is 1.58 bits per heavy atom. The largest absolute Gasteiger partial charge is 0.339 e. The number of pyridine rings is 2. The van der Waals surface area contributed by atoms with Crippen molar-refractivity contribution in [3.05, 3.63) is 101 Å². The number of likely N-dealkylation sites (tertiary alicyclic amines) is 1. The summed E-state index contributed by atoms with van der Waals surface area (Å²) in [7, 11) is 1.76. The van der Waals surface area contributed by atoms with Gasteiger partial charge in [-0.05, 0) is 72.2 Å². The van der Waals surface area contributed by atoms with Crippen LogP contribution in [0.1, 0.15) is 29.6 Å². The summed E-state index contributed by atoms with van der Waals surface area (Å²) in [5.74, 6) is 0.0756. The summed E-state index contributed by atoms with van der Waals surface area (Å²) in [6.45, 7) is 1.63. The van der Waals surface area contributed by atoms with E-state index in [4.69, 9.17) is 4.98 Å². The fourth-order valence-corrected chi connectivity index (χ4v) is 5.15. The molecular formula is C31H27N3O2. The number of rotatable bonds is 3. The molecule has 3 heterocycles. The molecule has 0 saturated carbocycles. The second kappa shape index (κ2) is 9.08. The van der Waals surface area contributed by atoms with Gasteiger partial charge in [-0.25, -0.2) is 4.98 Å². The molecule has 0 unspecified atom stereocenters. The molecule has 0 N–H and O–H groups in total. The van der Waals surface area contributed by atoms with Gasteiger partial charge >= 0.3 is 0 Å². The van der Waals surface area contributed by atoms with Crippen molar-refractivity contribution >= 4 is 27.6 Å². The van der Waals surface area contributed by atoms with Gasteiger partial charge in [0.25, 0.3) is 11.5 Å². The third-order valence-electron chi connectivity index (χ3n) is 7.16. The Bertz CT molecular complexity index is 1670. The molecule has 1 amide bonds. The number of carbonyl (C=O) groups excluding carboxylic acids is 1. The lowest BCUT2D eigenvalue weighted by atomic mass is 9.96. The predicted octanol–water partition coefficient (Wildman–Crippen LogP) is 6.05. The van der Waals surface area contributed by atoms with E-state index in [1.165, 1.54) is 6.42 Å². The molecular weight excluding hydrogens is 446 g/mol. The van der Waals surface area contributed by atoms with Gasteiger partial charge in [0, 0.05) is 48.2 Å². The number of hydrogen-bond acceptors (Lipinski definition) is 3. The minimum Gasteiger partial charge on any atom is -0.339 e. The Labute approximate surface area is 209 Å². The van der Waals surface area contributed by atoms with Crippen molar-refractivity contribution < 1.29 is 4.79 Å². The normalized spacial score (nSPS) is 13.9. The molecule has 3 aromatic carbocycles. The summed E-state index contributed by atoms with van der Waals surface area (Å²) < 4.78 is 1.59. The molecule has 1 aliphatic heterocycles. The van der Waals surface area contributed by atoms with E-state index in [0.717, 1.165) is 64.6 Å². The molecule has 178 valence electrons. The molecule has 1 aliphatic rings. The zero-order valence-electron chi connectivity index (χ0n) is 20.3. The van der Waals surface area contributed by atoms with Crippen LogP contribution in [0.4, 0.5) is 0 Å². The van der Waals surface area contributed by atoms with E-state index in [1.54, 1.807) is 17.8 Å². The number of amides is 1. The molecule has 36 heavy (non-hydrogen) atoms. The van der Waals surface area contributed by atoms with Gasteiger partial charge in [0.2, 0.25) is 0 Å². The number of piperidine rings is 1. The molecule has 0 aliphatic carbocycles. The van der Waals surface area contributed by atoms with Crippen LogP contribution in [0.5, 0.6) is 0 Å². The van der Waals surface area contributed by atoms with Gasteiger partial charge in [0.05, 0.1) is 11.2 Å². The van der Waals surface area contributed by atoms with Gasteiger partial charge in [0.15, 0.2) is 0 Å². The number of hydrogen-bond donors (Lipinski definition) is 0. The molecule has 6 rings (SSSR count). The standard InChI is InChI=1S/C31H27N3O2/c1-33-17-14-22-18-23(10-12-25(22)31(33)36)28-20-27(21-8-4-2-5-9-21)26-13-11-24(19-29(26)32-28)30(35)34-15-6-3-7-16-34/h2,4-5,8-14,17-20H,3,6-7,15-16H2,1H3. The average Bonchev–Trinajstić information content (AvgIpc) is 2.94. The lowest BCUT2D eigenvalue weighted by Crippen LogP contribution is -2.35. The summed E-state index contributed by atoms with van der Waals surface area (Å²) >= 11 is 0. The highest BCUT2D eigenvalue weighted by molar-refractivity contribution is 6.02. The molecule has 5 aromatic rings. The number of benzene rings is 3. The van der Waals surface area contributed by atoms with Crippen molar-refractivity contribution in [1.82, 2.24) is 14.5 Å². The minimum absolute atomic E-state index is 0.0173. The van der Waals surface area contributed by atoms with E-state index in [9.17, 15) is 9.59 Å². The molecule has 1 fully saturated rings. The van der Waals surface area contributed by atoms with Gasteiger partial charge in [-0.15, -0.1) is 0 Å². The third-order valence-corrected chi connectivity index (χ3v) is 7.16. The first-order valence-electron chi connectivity index (χ1n) is 12.5. The van der Waals surface area contributed by atoms with Crippen molar-refractivity contribution in [3.63, 3.8) is 0 Å². The maximum Gasteiger partial charge on any atom is 0.258 e. The SMILES string of the molecule is Cn1ccc2cc(-c3cc(-c4ccccc4)c4ccc(C(=O)N5CCCCC5)cc4n3)ccc2c1=O. The van der Waals surface area contributed by atoms with Crippen molar-refractivity contribution in [2.45, 2.75) is 19.3 Å². The molecule has 0 radical (unpaired) electrons. The fraction of sp³-hybridized carbons (Fsp3) is 0.194. The molecule has 0 atom stereocenters. The smallest absolute Gasteiger partial charge is 0.258 e. The van der Waals surface area contributed by atoms with Gasteiger partial charge in [0.1, 0.15) is 0 Å². The number of aryl methyl sites for hydroxylation is 1. The number of nitrogens with zero attached hydrogens (tertiary/aromatic N) is 3. The molecule has 0 bridgehead atoms. The van der Waals surface area contributed by atoms with E-state index in [-0.39, 0.29) is 11.5 Å². The Kier molecular flexibility index (Phi) is 5.61. The third kappa shape index (κ3) is 3.97. The van der Waals surface area contributed by atoms with Crippen LogP contribution in [0.3, 0.4) is 0 Å². The van der Waals surface area contributed by atoms with Crippen molar-refractivity contribution in [2.75, 3.05) is 13.1 Å². The van der Waals surface area contributed by atoms with Crippen molar-refractivity contribution in [1.29, 1.82) is 0 Å². The monoisotopic (exact) mass is 473 g/mol. The highest BCUT2D eigenvalue weighted by Crippen LogP contribution is 2.33. The molecule has 5 nitrogen and oxygen atoms in total. The highest BCUT2D eigenvalue weighted by atomic mass is 16.2. The van der Waals surface area contributed by atoms with Gasteiger partial charge in [-0.2, -0.15) is 0 Å². The van der Waals surface area contributed by atoms with E-state index in [0.29, 0.717) is 10.9 Å². The van der Waals surface area contributed by atoms with Crippen LogP contribution < -0.4 is 5.56 Å². The highest BCUT2D eigenvalue weighted by Gasteiger charge is 2.19. The minimum atomic E-state index is -0.0173. The number of fused-ring (bicyclic) bond motifs is 2. The second-order valence-electron chi connectivity index (χ2n) is 9.54. The van der Waals surface area contributed by atoms with Gasteiger partial charge < -0.3 is 9.47 Å². The Balaban J connectivity index is 1.52. The summed E-state index contributed by atoms with van der Waals surface area (Å²) in [4.78, 5) is 32.7. The first kappa shape index (κ1) is 22.2. The van der Waals surface area contributed by atoms with Crippen LogP contribution in [-0.4, -0.2) is 33.4 Å². The molecule has 2 aromatic heterocycles. The lowest BCUT2D eigenvalue weighted by molar-refractivity contribution is 0.0724.